The highest BCUT2D eigenvalue weighted by Crippen LogP contribution is 1.81. The summed E-state index contributed by atoms with van der Waals surface area (Å²) in [7, 11) is 0. The Kier molecular flexibility index (Phi) is 7.56. The van der Waals surface area contributed by atoms with Crippen LogP contribution in [0, 0.1) is 5.92 Å². The standard InChI is InChI=1S/C4H10.Si/c1-4(2)3;/h4H,1-3H3;. The van der Waals surface area contributed by atoms with E-state index in [2.05, 4.69) is 20.8 Å². The number of rotatable bonds is 0. The maximum Gasteiger partial charge on any atom is 0 e. The summed E-state index contributed by atoms with van der Waals surface area (Å²) in [5.41, 5.74) is 0. The van der Waals surface area contributed by atoms with Crippen LogP contribution in [0.15, 0.2) is 0 Å². The van der Waals surface area contributed by atoms with Crippen LogP contribution in [0.4, 0.5) is 0 Å². The minimum Gasteiger partial charge on any atom is -0.0630 e. The van der Waals surface area contributed by atoms with Gasteiger partial charge in [0.1, 0.15) is 0 Å². The second-order valence-electron chi connectivity index (χ2n) is 1.73. The zero-order valence-electron chi connectivity index (χ0n) is 4.08. The molecule has 0 fully saturated rings. The van der Waals surface area contributed by atoms with Crippen molar-refractivity contribution in [2.24, 2.45) is 5.92 Å². The van der Waals surface area contributed by atoms with E-state index in [1.165, 1.54) is 0 Å². The molecule has 0 unspecified atom stereocenters. The van der Waals surface area contributed by atoms with Crippen LogP contribution in [0.25, 0.3) is 0 Å². The molecule has 0 amide bonds. The van der Waals surface area contributed by atoms with Gasteiger partial charge < -0.3 is 0 Å². The van der Waals surface area contributed by atoms with E-state index in [1.54, 1.807) is 0 Å². The topological polar surface area (TPSA) is 0 Å². The van der Waals surface area contributed by atoms with Gasteiger partial charge in [0.15, 0.2) is 0 Å². The molecular formula is C4H10Si. The summed E-state index contributed by atoms with van der Waals surface area (Å²) in [6, 6.07) is 0. The zero-order valence-corrected chi connectivity index (χ0v) is 5.08. The Hall–Kier alpha value is 0.217. The van der Waals surface area contributed by atoms with E-state index >= 15 is 0 Å². The van der Waals surface area contributed by atoms with E-state index in [-0.39, 0.29) is 11.0 Å². The molecule has 0 heterocycles. The summed E-state index contributed by atoms with van der Waals surface area (Å²) in [5.74, 6) is 0.833. The normalized spacial score (nSPS) is 7.20. The summed E-state index contributed by atoms with van der Waals surface area (Å²) >= 11 is 0. The van der Waals surface area contributed by atoms with Crippen molar-refractivity contribution in [1.29, 1.82) is 0 Å². The molecule has 0 spiro atoms. The van der Waals surface area contributed by atoms with E-state index in [1.807, 2.05) is 0 Å². The van der Waals surface area contributed by atoms with Crippen LogP contribution in [0.5, 0.6) is 0 Å². The average Bonchev–Trinajstić information content (AvgIpc) is 0.811. The Bertz CT molecular complexity index is 8.36. The summed E-state index contributed by atoms with van der Waals surface area (Å²) in [6.07, 6.45) is 0. The van der Waals surface area contributed by atoms with Gasteiger partial charge in [-0.3, -0.25) is 0 Å². The van der Waals surface area contributed by atoms with Gasteiger partial charge in [-0.1, -0.05) is 20.8 Å². The molecule has 0 saturated heterocycles. The highest BCUT2D eigenvalue weighted by atomic mass is 28.1. The quantitative estimate of drug-likeness (QED) is 0.390. The van der Waals surface area contributed by atoms with Crippen molar-refractivity contribution in [3.8, 4) is 0 Å². The molecule has 0 nitrogen and oxygen atoms in total. The molecule has 0 aliphatic rings. The number of hydrogen-bond acceptors (Lipinski definition) is 0. The fraction of sp³-hybridized carbons (Fsp3) is 1.00. The molecule has 0 N–H and O–H groups in total. The van der Waals surface area contributed by atoms with Gasteiger partial charge in [-0.05, 0) is 5.92 Å². The van der Waals surface area contributed by atoms with Crippen molar-refractivity contribution < 1.29 is 0 Å². The molecule has 1 heteroatoms. The van der Waals surface area contributed by atoms with Crippen molar-refractivity contribution in [1.82, 2.24) is 0 Å². The number of hydrogen-bond donors (Lipinski definition) is 0. The van der Waals surface area contributed by atoms with Crippen molar-refractivity contribution in [2.45, 2.75) is 20.8 Å². The third-order valence-corrected chi connectivity index (χ3v) is 0. The maximum atomic E-state index is 2.17. The third-order valence-electron chi connectivity index (χ3n) is 0. The highest BCUT2D eigenvalue weighted by Gasteiger charge is 1.68. The predicted molar refractivity (Wildman–Crippen MR) is 26.3 cm³/mol. The summed E-state index contributed by atoms with van der Waals surface area (Å²) < 4.78 is 0. The summed E-state index contributed by atoms with van der Waals surface area (Å²) in [4.78, 5) is 0. The van der Waals surface area contributed by atoms with E-state index in [0.29, 0.717) is 0 Å². The van der Waals surface area contributed by atoms with Crippen LogP contribution in [-0.4, -0.2) is 11.0 Å². The second-order valence-corrected chi connectivity index (χ2v) is 1.73. The lowest BCUT2D eigenvalue weighted by Gasteiger charge is -1.79. The molecule has 5 heavy (non-hydrogen) atoms. The highest BCUT2D eigenvalue weighted by molar-refractivity contribution is 5.75. The largest absolute Gasteiger partial charge is 0.0630 e. The first-order chi connectivity index (χ1) is 1.73. The molecule has 0 bridgehead atoms. The van der Waals surface area contributed by atoms with Crippen LogP contribution in [0.2, 0.25) is 0 Å². The molecule has 0 aromatic carbocycles. The molecule has 0 rings (SSSR count). The molecule has 30 valence electrons. The van der Waals surface area contributed by atoms with Crippen molar-refractivity contribution in [2.75, 3.05) is 0 Å². The predicted octanol–water partition coefficient (Wildman–Crippen LogP) is 1.28. The lowest BCUT2D eigenvalue weighted by atomic mass is 10.3. The van der Waals surface area contributed by atoms with E-state index < -0.39 is 0 Å². The Labute approximate surface area is 38.6 Å². The lowest BCUT2D eigenvalue weighted by molar-refractivity contribution is 0.737. The van der Waals surface area contributed by atoms with Gasteiger partial charge in [0.2, 0.25) is 0 Å². The van der Waals surface area contributed by atoms with Crippen molar-refractivity contribution >= 4 is 11.0 Å². The molecule has 0 aromatic rings. The van der Waals surface area contributed by atoms with E-state index in [0.717, 1.165) is 5.92 Å². The van der Waals surface area contributed by atoms with Crippen LogP contribution < -0.4 is 0 Å². The van der Waals surface area contributed by atoms with Crippen LogP contribution in [0.1, 0.15) is 20.8 Å². The van der Waals surface area contributed by atoms with E-state index in [9.17, 15) is 0 Å². The Morgan fingerprint density at radius 2 is 1.00 bits per heavy atom. The first-order valence-corrected chi connectivity index (χ1v) is 1.73. The molecule has 0 aliphatic heterocycles. The minimum atomic E-state index is 0. The molecule has 4 radical (unpaired) electrons. The SMILES string of the molecule is CC(C)C.[Si]. The van der Waals surface area contributed by atoms with Crippen LogP contribution in [-0.2, 0) is 0 Å². The zero-order chi connectivity index (χ0) is 3.58. The fourth-order valence-corrected chi connectivity index (χ4v) is 0. The molecular weight excluding hydrogens is 76.1 g/mol. The van der Waals surface area contributed by atoms with Crippen LogP contribution >= 0.6 is 0 Å². The molecule has 0 saturated carbocycles. The van der Waals surface area contributed by atoms with Gasteiger partial charge in [-0.2, -0.15) is 0 Å². The first kappa shape index (κ1) is 8.96. The third kappa shape index (κ3) is 441. The van der Waals surface area contributed by atoms with Gasteiger partial charge in [-0.15, -0.1) is 0 Å². The summed E-state index contributed by atoms with van der Waals surface area (Å²) in [5, 5.41) is 0. The smallest absolute Gasteiger partial charge is 0 e. The Morgan fingerprint density at radius 1 is 1.00 bits per heavy atom. The average molecular weight is 86.2 g/mol. The summed E-state index contributed by atoms with van der Waals surface area (Å²) in [6.45, 7) is 6.50. The van der Waals surface area contributed by atoms with Gasteiger partial charge in [0.25, 0.3) is 0 Å². The maximum absolute atomic E-state index is 2.17. The second kappa shape index (κ2) is 4.22. The van der Waals surface area contributed by atoms with Gasteiger partial charge >= 0.3 is 0 Å². The van der Waals surface area contributed by atoms with Gasteiger partial charge in [0.05, 0.1) is 0 Å². The van der Waals surface area contributed by atoms with Crippen molar-refractivity contribution in [3.63, 3.8) is 0 Å². The van der Waals surface area contributed by atoms with Gasteiger partial charge in [-0.25, -0.2) is 0 Å². The molecule has 0 atom stereocenters. The Balaban J connectivity index is 0. The first-order valence-electron chi connectivity index (χ1n) is 1.73. The monoisotopic (exact) mass is 86.1 g/mol. The fourth-order valence-electron chi connectivity index (χ4n) is 0. The Morgan fingerprint density at radius 3 is 1.00 bits per heavy atom. The molecule has 0 aliphatic carbocycles. The van der Waals surface area contributed by atoms with Crippen molar-refractivity contribution in [3.05, 3.63) is 0 Å². The van der Waals surface area contributed by atoms with Gasteiger partial charge in [0, 0.05) is 11.0 Å². The molecule has 0 aromatic heterocycles. The lowest BCUT2D eigenvalue weighted by Crippen LogP contribution is -1.66. The van der Waals surface area contributed by atoms with Crippen LogP contribution in [0.3, 0.4) is 0 Å². The van der Waals surface area contributed by atoms with E-state index in [4.69, 9.17) is 0 Å². The minimum absolute atomic E-state index is 0.